The van der Waals surface area contributed by atoms with E-state index in [4.69, 9.17) is 10.3 Å². The van der Waals surface area contributed by atoms with Crippen LogP contribution in [0.5, 0.6) is 0 Å². The maximum Gasteiger partial charge on any atom is 0.413 e. The fraction of sp³-hybridized carbons (Fsp3) is 0.207. The number of nitrogens with zero attached hydrogens (tertiary/aromatic N) is 2. The molecule has 0 heterocycles. The molecule has 8 nitrogen and oxygen atoms in total. The van der Waals surface area contributed by atoms with E-state index in [1.807, 2.05) is 66.7 Å². The summed E-state index contributed by atoms with van der Waals surface area (Å²) >= 11 is 0. The number of carboxylic acids is 1. The molecule has 1 amide bonds. The van der Waals surface area contributed by atoms with Gasteiger partial charge >= 0.3 is 12.1 Å². The number of rotatable bonds is 10. The Morgan fingerprint density at radius 2 is 1.57 bits per heavy atom. The van der Waals surface area contributed by atoms with E-state index < -0.39 is 30.1 Å². The van der Waals surface area contributed by atoms with Crippen LogP contribution in [0.3, 0.4) is 0 Å². The van der Waals surface area contributed by atoms with E-state index in [0.29, 0.717) is 12.1 Å². The highest BCUT2D eigenvalue weighted by atomic mass is 16.6. The van der Waals surface area contributed by atoms with E-state index in [2.05, 4.69) is 22.0 Å². The highest BCUT2D eigenvalue weighted by molar-refractivity contribution is 5.99. The molecule has 0 aromatic heterocycles. The van der Waals surface area contributed by atoms with Gasteiger partial charge < -0.3 is 9.84 Å². The number of hydrogen-bond acceptors (Lipinski definition) is 6. The minimum absolute atomic E-state index is 0.194. The van der Waals surface area contributed by atoms with E-state index in [-0.39, 0.29) is 5.84 Å². The third-order valence-electron chi connectivity index (χ3n) is 5.84. The summed E-state index contributed by atoms with van der Waals surface area (Å²) in [6.45, 7) is 7.07. The number of carbonyl (C=O) groups excluding carboxylic acids is 1. The normalized spacial score (nSPS) is 13.6. The number of benzene rings is 3. The number of carboxylic acid groups (broad SMARTS) is 1. The Morgan fingerprint density at radius 3 is 2.11 bits per heavy atom. The van der Waals surface area contributed by atoms with Crippen LogP contribution in [0, 0.1) is 5.53 Å². The van der Waals surface area contributed by atoms with E-state index in [9.17, 15) is 14.7 Å². The lowest BCUT2D eigenvalue weighted by Crippen LogP contribution is -2.37. The van der Waals surface area contributed by atoms with Crippen molar-refractivity contribution in [1.82, 2.24) is 5.32 Å². The Labute approximate surface area is 216 Å². The zero-order valence-corrected chi connectivity index (χ0v) is 20.8. The molecule has 0 fully saturated rings. The molecule has 0 aliphatic rings. The Kier molecular flexibility index (Phi) is 9.43. The quantitative estimate of drug-likeness (QED) is 0.120. The maximum atomic E-state index is 12.5. The Bertz CT molecular complexity index is 1260. The second kappa shape index (κ2) is 12.9. The van der Waals surface area contributed by atoms with Crippen molar-refractivity contribution in [1.29, 1.82) is 5.53 Å². The van der Waals surface area contributed by atoms with E-state index >= 15 is 0 Å². The second-order valence-electron chi connectivity index (χ2n) is 8.47. The summed E-state index contributed by atoms with van der Waals surface area (Å²) in [6.07, 6.45) is 0.824. The van der Waals surface area contributed by atoms with Crippen LogP contribution in [0.1, 0.15) is 43.4 Å². The van der Waals surface area contributed by atoms with Crippen molar-refractivity contribution in [2.24, 2.45) is 10.1 Å². The molecule has 0 radical (unpaired) electrons. The number of aliphatic imine (C=N–C) groups is 1. The number of allylic oxidation sites excluding steroid dienone is 1. The van der Waals surface area contributed by atoms with Gasteiger partial charge in [0.15, 0.2) is 0 Å². The van der Waals surface area contributed by atoms with Crippen LogP contribution in [0.4, 0.5) is 10.5 Å². The molecule has 8 heteroatoms. The summed E-state index contributed by atoms with van der Waals surface area (Å²) in [7, 11) is 0. The highest BCUT2D eigenvalue weighted by Crippen LogP contribution is 2.27. The van der Waals surface area contributed by atoms with E-state index in [1.54, 1.807) is 32.1 Å². The molecule has 0 saturated carbocycles. The topological polar surface area (TPSA) is 124 Å². The van der Waals surface area contributed by atoms with Gasteiger partial charge in [-0.05, 0) is 54.7 Å². The van der Waals surface area contributed by atoms with Gasteiger partial charge in [0.1, 0.15) is 18.0 Å². The summed E-state index contributed by atoms with van der Waals surface area (Å²) in [5, 5.41) is 15.5. The van der Waals surface area contributed by atoms with E-state index in [1.165, 1.54) is 0 Å². The average molecular weight is 499 g/mol. The van der Waals surface area contributed by atoms with Gasteiger partial charge in [-0.3, -0.25) is 10.1 Å². The molecule has 190 valence electrons. The Hall–Kier alpha value is -4.59. The Morgan fingerprint density at radius 1 is 0.973 bits per heavy atom. The second-order valence-corrected chi connectivity index (χ2v) is 8.47. The number of amides is 1. The minimum Gasteiger partial charge on any atom is -0.481 e. The molecule has 0 spiro atoms. The Balaban J connectivity index is 1.73. The van der Waals surface area contributed by atoms with Crippen LogP contribution in [0.15, 0.2) is 102 Å². The van der Waals surface area contributed by atoms with Gasteiger partial charge in [-0.1, -0.05) is 72.8 Å². The summed E-state index contributed by atoms with van der Waals surface area (Å²) in [6, 6.07) is 23.4. The molecule has 37 heavy (non-hydrogen) atoms. The van der Waals surface area contributed by atoms with Gasteiger partial charge in [0.05, 0.1) is 11.6 Å². The predicted molar refractivity (Wildman–Crippen MR) is 143 cm³/mol. The van der Waals surface area contributed by atoms with E-state index in [0.717, 1.165) is 22.3 Å². The number of aliphatic carboxylic acids is 1. The lowest BCUT2D eigenvalue weighted by Gasteiger charge is -2.16. The molecule has 0 saturated heterocycles. The third-order valence-corrected chi connectivity index (χ3v) is 5.84. The monoisotopic (exact) mass is 498 g/mol. The van der Waals surface area contributed by atoms with Crippen LogP contribution in [-0.2, 0) is 9.53 Å². The molecule has 3 N–H and O–H groups in total. The first kappa shape index (κ1) is 27.0. The van der Waals surface area contributed by atoms with Gasteiger partial charge in [0.2, 0.25) is 0 Å². The molecular weight excluding hydrogens is 468 g/mol. The largest absolute Gasteiger partial charge is 0.481 e. The zero-order valence-electron chi connectivity index (χ0n) is 20.8. The number of hydrogen-bond donors (Lipinski definition) is 3. The molecule has 0 aliphatic heterocycles. The molecule has 0 bridgehead atoms. The fourth-order valence-electron chi connectivity index (χ4n) is 3.70. The summed E-state index contributed by atoms with van der Waals surface area (Å²) < 4.78 is 5.46. The van der Waals surface area contributed by atoms with Crippen molar-refractivity contribution in [3.63, 3.8) is 0 Å². The molecule has 0 aliphatic carbocycles. The number of alkyl carbamates (subject to hydrolysis) is 1. The first-order valence-corrected chi connectivity index (χ1v) is 11.8. The summed E-state index contributed by atoms with van der Waals surface area (Å²) in [4.78, 5) is 28.5. The lowest BCUT2D eigenvalue weighted by molar-refractivity contribution is -0.138. The minimum atomic E-state index is -0.883. The molecule has 3 aromatic carbocycles. The lowest BCUT2D eigenvalue weighted by atomic mass is 9.94. The predicted octanol–water partition coefficient (Wildman–Crippen LogP) is 7.03. The first-order chi connectivity index (χ1) is 17.8. The van der Waals surface area contributed by atoms with Gasteiger partial charge in [-0.15, -0.1) is 6.58 Å². The number of carbonyl (C=O) groups is 2. The molecule has 3 atom stereocenters. The SMILES string of the molecule is C=CCC(C(=O)O)c1ccc(-c2ccc(N=C(NC(=O)OC(C)c3ccccc3)C(C)N=N)cc2)cc1. The van der Waals surface area contributed by atoms with Crippen LogP contribution in [0.2, 0.25) is 0 Å². The fourth-order valence-corrected chi connectivity index (χ4v) is 3.70. The molecular formula is C29H30N4O4. The van der Waals surface area contributed by atoms with Crippen molar-refractivity contribution in [2.45, 2.75) is 38.3 Å². The highest BCUT2D eigenvalue weighted by Gasteiger charge is 2.19. The van der Waals surface area contributed by atoms with Crippen molar-refractivity contribution >= 4 is 23.6 Å². The zero-order chi connectivity index (χ0) is 26.8. The van der Waals surface area contributed by atoms with Crippen LogP contribution >= 0.6 is 0 Å². The van der Waals surface area contributed by atoms with Gasteiger partial charge in [-0.25, -0.2) is 15.3 Å². The van der Waals surface area contributed by atoms with Crippen molar-refractivity contribution in [3.8, 4) is 11.1 Å². The number of amidine groups is 1. The summed E-state index contributed by atoms with van der Waals surface area (Å²) in [5.74, 6) is -1.31. The van der Waals surface area contributed by atoms with Crippen LogP contribution < -0.4 is 5.32 Å². The molecule has 3 rings (SSSR count). The van der Waals surface area contributed by atoms with Crippen LogP contribution in [0.25, 0.3) is 11.1 Å². The van der Waals surface area contributed by atoms with Crippen molar-refractivity contribution in [2.75, 3.05) is 0 Å². The molecule has 3 unspecified atom stereocenters. The van der Waals surface area contributed by atoms with Crippen molar-refractivity contribution in [3.05, 3.63) is 103 Å². The van der Waals surface area contributed by atoms with Gasteiger partial charge in [0, 0.05) is 0 Å². The third kappa shape index (κ3) is 7.44. The van der Waals surface area contributed by atoms with Gasteiger partial charge in [-0.2, -0.15) is 5.11 Å². The van der Waals surface area contributed by atoms with Crippen molar-refractivity contribution < 1.29 is 19.4 Å². The van der Waals surface area contributed by atoms with Crippen LogP contribution in [-0.4, -0.2) is 29.0 Å². The first-order valence-electron chi connectivity index (χ1n) is 11.8. The maximum absolute atomic E-state index is 12.5. The number of nitrogens with one attached hydrogen (secondary N) is 2. The standard InChI is InChI=1S/C29H30N4O4/c1-4-8-26(28(34)35)24-13-11-22(12-14-24)23-15-17-25(18-16-23)31-27(19(2)33-30)32-29(36)37-20(3)21-9-6-5-7-10-21/h4-7,9-20,26,30H,1,8H2,2-3H3,(H,34,35)(H,31,32,36). The van der Waals surface area contributed by atoms with Gasteiger partial charge in [0.25, 0.3) is 0 Å². The number of ether oxygens (including phenoxy) is 1. The smallest absolute Gasteiger partial charge is 0.413 e. The average Bonchev–Trinajstić information content (AvgIpc) is 2.91. The summed E-state index contributed by atoms with van der Waals surface area (Å²) in [5.41, 5.74) is 11.4. The molecule has 3 aromatic rings.